The van der Waals surface area contributed by atoms with Crippen LogP contribution < -0.4 is 40.1 Å². The van der Waals surface area contributed by atoms with E-state index < -0.39 is 160 Å². The Hall–Kier alpha value is -0.960. The van der Waals surface area contributed by atoms with Gasteiger partial charge in [-0.1, -0.05) is 0 Å². The molecule has 0 radical (unpaired) electrons. The van der Waals surface area contributed by atoms with Gasteiger partial charge in [0.05, 0.1) is 37.4 Å². The Morgan fingerprint density at radius 3 is 1.40 bits per heavy atom. The van der Waals surface area contributed by atoms with Crippen LogP contribution in [-0.2, 0) is 37.9 Å². The van der Waals surface area contributed by atoms with Gasteiger partial charge in [-0.3, -0.25) is 0 Å². The number of ether oxygens (including phenoxy) is 8. The minimum Gasteiger partial charge on any atom is -0.394 e. The summed E-state index contributed by atoms with van der Waals surface area (Å²) in [5, 5.41) is 94.8. The van der Waals surface area contributed by atoms with Gasteiger partial charge in [0.25, 0.3) is 0 Å². The molecule has 0 aromatic rings. The van der Waals surface area contributed by atoms with Crippen LogP contribution >= 0.6 is 0 Å². The molecule has 24 heteroatoms. The second-order valence-corrected chi connectivity index (χ2v) is 14.2. The predicted molar refractivity (Wildman–Crippen MR) is 173 cm³/mol. The Morgan fingerprint density at radius 2 is 0.887 bits per heavy atom. The maximum Gasteiger partial charge on any atom is 0.187 e. The summed E-state index contributed by atoms with van der Waals surface area (Å²) < 4.78 is 47.0. The fourth-order valence-electron chi connectivity index (χ4n) is 7.17. The summed E-state index contributed by atoms with van der Waals surface area (Å²) in [5.74, 6) is 0. The zero-order chi connectivity index (χ0) is 39.0. The van der Waals surface area contributed by atoms with Gasteiger partial charge in [0.15, 0.2) is 25.2 Å². The van der Waals surface area contributed by atoms with Gasteiger partial charge in [0.2, 0.25) is 0 Å². The van der Waals surface area contributed by atoms with Crippen LogP contribution in [-0.4, -0.2) is 219 Å². The first-order valence-corrected chi connectivity index (χ1v) is 17.5. The van der Waals surface area contributed by atoms with E-state index in [0.29, 0.717) is 0 Å². The molecule has 24 atom stereocenters. The normalized spacial score (nSPS) is 53.9. The van der Waals surface area contributed by atoms with Crippen molar-refractivity contribution in [1.82, 2.24) is 0 Å². The molecule has 53 heavy (non-hydrogen) atoms. The molecule has 0 unspecified atom stereocenters. The maximum atomic E-state index is 11.6. The molecule has 4 aliphatic heterocycles. The SMILES string of the molecule is NC[C@H]1O[C@H](O[C@H]2[C@H](O[C@@H]3O[C@H](CO[C@@H]4O[C@H](CO)[C@@H](O)[C@H](O)[C@H]4N)[C@@H](O[C@H]4O[C@H](CN)[C@@H](O)[C@H](O)[C@H]4N)[C@H]3O)[C@@H](O)[C@H](N)C[C@@H]2N)[C@H](N)[C@@H](O)[C@@H]1O. The first kappa shape index (κ1) is 43.2. The molecule has 0 aromatic heterocycles. The third-order valence-electron chi connectivity index (χ3n) is 10.5. The number of aliphatic hydroxyl groups is 9. The molecule has 0 spiro atoms. The topological polar surface area (TPSA) is 438 Å². The van der Waals surface area contributed by atoms with Gasteiger partial charge in [-0.25, -0.2) is 0 Å². The molecule has 0 amide bonds. The summed E-state index contributed by atoms with van der Waals surface area (Å²) in [5.41, 5.74) is 42.2. The largest absolute Gasteiger partial charge is 0.394 e. The number of rotatable bonds is 12. The van der Waals surface area contributed by atoms with E-state index in [1.807, 2.05) is 0 Å². The van der Waals surface area contributed by atoms with E-state index in [2.05, 4.69) is 0 Å². The smallest absolute Gasteiger partial charge is 0.187 e. The van der Waals surface area contributed by atoms with E-state index in [1.54, 1.807) is 0 Å². The van der Waals surface area contributed by atoms with E-state index >= 15 is 0 Å². The molecule has 0 aromatic carbocycles. The van der Waals surface area contributed by atoms with Gasteiger partial charge in [-0.15, -0.1) is 0 Å². The fraction of sp³-hybridized carbons (Fsp3) is 1.00. The lowest BCUT2D eigenvalue weighted by molar-refractivity contribution is -0.308. The highest BCUT2D eigenvalue weighted by molar-refractivity contribution is 5.02. The molecule has 23 N–H and O–H groups in total. The van der Waals surface area contributed by atoms with Crippen LogP contribution in [0, 0.1) is 0 Å². The molecule has 0 bridgehead atoms. The quantitative estimate of drug-likeness (QED) is 0.0875. The summed E-state index contributed by atoms with van der Waals surface area (Å²) in [4.78, 5) is 0. The zero-order valence-electron chi connectivity index (χ0n) is 28.7. The lowest BCUT2D eigenvalue weighted by Gasteiger charge is -2.47. The standard InChI is InChI=1S/C29H57N7O17/c30-2-8-16(39)20(43)13(35)27(47-8)51-23-7(33)1-6(32)15(38)25(23)53-29-22(45)24(52-28-14(36)21(44)17(40)9(3-31)48-28)11(50-29)5-46-26-12(34)19(42)18(41)10(4-37)49-26/h6-29,37-45H,1-5,30-36H2/t6-,7+,8-,9-,10-,11-,12-,13-,14-,15+,16-,17-,18-,19-,20-,21-,22-,23-,24-,25-,26-,27-,28-,29+/m1/s1. The highest BCUT2D eigenvalue weighted by atomic mass is 16.8. The number of hydrogen-bond donors (Lipinski definition) is 16. The summed E-state index contributed by atoms with van der Waals surface area (Å²) in [6.45, 7) is -1.62. The summed E-state index contributed by atoms with van der Waals surface area (Å²) in [7, 11) is 0. The van der Waals surface area contributed by atoms with Gasteiger partial charge in [0, 0.05) is 25.2 Å². The average Bonchev–Trinajstić information content (AvgIpc) is 3.43. The highest BCUT2D eigenvalue weighted by Crippen LogP contribution is 2.35. The Kier molecular flexibility index (Phi) is 14.7. The van der Waals surface area contributed by atoms with Crippen molar-refractivity contribution < 1.29 is 83.9 Å². The van der Waals surface area contributed by atoms with Crippen LogP contribution in [0.4, 0.5) is 0 Å². The predicted octanol–water partition coefficient (Wildman–Crippen LogP) is -11.1. The van der Waals surface area contributed by atoms with E-state index in [0.717, 1.165) is 0 Å². The second-order valence-electron chi connectivity index (χ2n) is 14.2. The van der Waals surface area contributed by atoms with Crippen LogP contribution in [0.15, 0.2) is 0 Å². The Labute approximate surface area is 303 Å². The van der Waals surface area contributed by atoms with Crippen molar-refractivity contribution in [3.63, 3.8) is 0 Å². The molecule has 5 fully saturated rings. The minimum atomic E-state index is -1.74. The van der Waals surface area contributed by atoms with Gasteiger partial charge in [0.1, 0.15) is 85.5 Å². The van der Waals surface area contributed by atoms with Crippen molar-refractivity contribution in [3.8, 4) is 0 Å². The lowest BCUT2D eigenvalue weighted by atomic mass is 9.84. The van der Waals surface area contributed by atoms with Gasteiger partial charge in [-0.2, -0.15) is 0 Å². The van der Waals surface area contributed by atoms with Gasteiger partial charge >= 0.3 is 0 Å². The summed E-state index contributed by atoms with van der Waals surface area (Å²) in [6.07, 6.45) is -27.0. The Balaban J connectivity index is 1.37. The van der Waals surface area contributed by atoms with Crippen LogP contribution in [0.2, 0.25) is 0 Å². The molecule has 24 nitrogen and oxygen atoms in total. The van der Waals surface area contributed by atoms with E-state index in [9.17, 15) is 46.0 Å². The number of aliphatic hydroxyl groups excluding tert-OH is 9. The fourth-order valence-corrected chi connectivity index (χ4v) is 7.17. The average molecular weight is 776 g/mol. The van der Waals surface area contributed by atoms with Crippen LogP contribution in [0.1, 0.15) is 6.42 Å². The summed E-state index contributed by atoms with van der Waals surface area (Å²) in [6, 6.07) is -5.82. The molecule has 4 saturated heterocycles. The zero-order valence-corrected chi connectivity index (χ0v) is 28.7. The van der Waals surface area contributed by atoms with Crippen LogP contribution in [0.3, 0.4) is 0 Å². The van der Waals surface area contributed by atoms with Crippen molar-refractivity contribution in [2.45, 2.75) is 153 Å². The first-order valence-electron chi connectivity index (χ1n) is 17.5. The van der Waals surface area contributed by atoms with Crippen molar-refractivity contribution >= 4 is 0 Å². The second kappa shape index (κ2) is 18.1. The lowest BCUT2D eigenvalue weighted by Crippen LogP contribution is -2.68. The highest BCUT2D eigenvalue weighted by Gasteiger charge is 2.55. The molecule has 1 saturated carbocycles. The summed E-state index contributed by atoms with van der Waals surface area (Å²) >= 11 is 0. The van der Waals surface area contributed by atoms with Crippen LogP contribution in [0.5, 0.6) is 0 Å². The van der Waals surface area contributed by atoms with Gasteiger partial charge < -0.3 is 124 Å². The molecular weight excluding hydrogens is 718 g/mol. The molecule has 1 aliphatic carbocycles. The van der Waals surface area contributed by atoms with Crippen molar-refractivity contribution in [2.24, 2.45) is 40.1 Å². The monoisotopic (exact) mass is 775 g/mol. The molecule has 4 heterocycles. The van der Waals surface area contributed by atoms with E-state index in [4.69, 9.17) is 78.0 Å². The van der Waals surface area contributed by atoms with Crippen molar-refractivity contribution in [3.05, 3.63) is 0 Å². The molecule has 310 valence electrons. The Bertz CT molecular complexity index is 1160. The van der Waals surface area contributed by atoms with Crippen molar-refractivity contribution in [1.29, 1.82) is 0 Å². The molecular formula is C29H57N7O17. The van der Waals surface area contributed by atoms with Crippen LogP contribution in [0.25, 0.3) is 0 Å². The maximum absolute atomic E-state index is 11.6. The van der Waals surface area contributed by atoms with E-state index in [-0.39, 0.29) is 19.5 Å². The first-order chi connectivity index (χ1) is 25.0. The molecule has 5 rings (SSSR count). The third kappa shape index (κ3) is 8.81. The number of hydrogen-bond acceptors (Lipinski definition) is 24. The number of nitrogens with two attached hydrogens (primary N) is 7. The van der Waals surface area contributed by atoms with Crippen molar-refractivity contribution in [2.75, 3.05) is 26.3 Å². The van der Waals surface area contributed by atoms with Gasteiger partial charge in [-0.05, 0) is 6.42 Å². The minimum absolute atomic E-state index is 0.0276. The third-order valence-corrected chi connectivity index (χ3v) is 10.5. The van der Waals surface area contributed by atoms with E-state index in [1.165, 1.54) is 0 Å². The Morgan fingerprint density at radius 1 is 0.453 bits per heavy atom. The molecule has 5 aliphatic rings.